The molecule has 6 rings (SSSR count). The van der Waals surface area contributed by atoms with Gasteiger partial charge in [0.2, 0.25) is 5.79 Å². The molecule has 1 saturated carbocycles. The highest BCUT2D eigenvalue weighted by Gasteiger charge is 2.69. The predicted octanol–water partition coefficient (Wildman–Crippen LogP) is 9.35. The summed E-state index contributed by atoms with van der Waals surface area (Å²) in [5.74, 6) is 0.140. The summed E-state index contributed by atoms with van der Waals surface area (Å²) in [5.41, 5.74) is 0.961. The van der Waals surface area contributed by atoms with Crippen molar-refractivity contribution < 1.29 is 38.0 Å². The average Bonchev–Trinajstić information content (AvgIpc) is 3.32. The fourth-order valence-corrected chi connectivity index (χ4v) is 8.94. The molecule has 0 amide bonds. The van der Waals surface area contributed by atoms with Crippen molar-refractivity contribution in [1.82, 2.24) is 0 Å². The molecule has 4 saturated heterocycles. The molecule has 5 fully saturated rings. The van der Waals surface area contributed by atoms with Gasteiger partial charge in [-0.25, -0.2) is 14.6 Å². The molecule has 1 spiro atoms. The number of carbonyl (C=O) groups excluding carboxylic acids is 1. The third-order valence-corrected chi connectivity index (χ3v) is 12.2. The molecule has 49 heavy (non-hydrogen) atoms. The highest BCUT2D eigenvalue weighted by atomic mass is 17.3. The van der Waals surface area contributed by atoms with Crippen LogP contribution in [0, 0.1) is 23.7 Å². The third-order valence-electron chi connectivity index (χ3n) is 12.2. The fraction of sp³-hybridized carbons (Fsp3) is 0.829. The number of rotatable bonds is 20. The van der Waals surface area contributed by atoms with Gasteiger partial charge in [-0.05, 0) is 68.6 Å². The molecular weight excluding hydrogens is 618 g/mol. The number of ether oxygens (including phenoxy) is 4. The number of likely N-dealkylation sites (N-methyl/N-ethyl adjacent to an activating group) is 1. The quantitative estimate of drug-likeness (QED) is 0.0586. The van der Waals surface area contributed by atoms with Crippen LogP contribution in [0.25, 0.3) is 0 Å². The maximum absolute atomic E-state index is 12.8. The lowest BCUT2D eigenvalue weighted by Gasteiger charge is -2.60. The Labute approximate surface area is 297 Å². The number of carbonyl (C=O) groups is 1. The van der Waals surface area contributed by atoms with Crippen LogP contribution in [0.2, 0.25) is 0 Å². The average molecular weight is 687 g/mol. The number of unbranched alkanes of at least 4 members (excludes halogenated alkanes) is 11. The summed E-state index contributed by atoms with van der Waals surface area (Å²) in [4.78, 5) is 25.0. The van der Waals surface area contributed by atoms with Crippen LogP contribution in [0.5, 0.6) is 0 Å². The smallest absolute Gasteiger partial charge is 0.338 e. The Hall–Kier alpha value is -1.55. The van der Waals surface area contributed by atoms with Gasteiger partial charge >= 0.3 is 5.97 Å². The van der Waals surface area contributed by atoms with Gasteiger partial charge in [-0.2, -0.15) is 0 Å². The minimum absolute atomic E-state index is 0.123. The highest BCUT2D eigenvalue weighted by molar-refractivity contribution is 5.89. The molecule has 0 N–H and O–H groups in total. The molecule has 1 unspecified atom stereocenters. The Morgan fingerprint density at radius 2 is 1.49 bits per heavy atom. The van der Waals surface area contributed by atoms with Gasteiger partial charge in [0.25, 0.3) is 0 Å². The van der Waals surface area contributed by atoms with E-state index in [1.165, 1.54) is 77.0 Å². The van der Waals surface area contributed by atoms with Crippen molar-refractivity contribution in [1.29, 1.82) is 0 Å². The minimum Gasteiger partial charge on any atom is -0.456 e. The molecular formula is C41H68NO7+. The van der Waals surface area contributed by atoms with Crippen molar-refractivity contribution in [3.05, 3.63) is 35.4 Å². The van der Waals surface area contributed by atoms with Crippen molar-refractivity contribution in [3.63, 3.8) is 0 Å². The van der Waals surface area contributed by atoms with Gasteiger partial charge in [0, 0.05) is 18.3 Å². The molecule has 1 aromatic carbocycles. The topological polar surface area (TPSA) is 72.5 Å². The zero-order valence-electron chi connectivity index (χ0n) is 31.7. The Kier molecular flexibility index (Phi) is 14.0. The summed E-state index contributed by atoms with van der Waals surface area (Å²) in [6, 6.07) is 7.56. The number of esters is 1. The van der Waals surface area contributed by atoms with Gasteiger partial charge < -0.3 is 23.4 Å². The van der Waals surface area contributed by atoms with Crippen LogP contribution in [-0.2, 0) is 35.3 Å². The van der Waals surface area contributed by atoms with Gasteiger partial charge in [-0.1, -0.05) is 97.1 Å². The Balaban J connectivity index is 0.984. The summed E-state index contributed by atoms with van der Waals surface area (Å²) in [6.07, 6.45) is 19.4. The molecule has 0 radical (unpaired) electrons. The lowest BCUT2D eigenvalue weighted by Crippen LogP contribution is -2.70. The summed E-state index contributed by atoms with van der Waals surface area (Å²) in [6.45, 7) is 11.5. The van der Waals surface area contributed by atoms with Crippen LogP contribution in [-0.4, -0.2) is 68.2 Å². The number of hydrogen-bond acceptors (Lipinski definition) is 7. The van der Waals surface area contributed by atoms with Crippen LogP contribution < -0.4 is 0 Å². The summed E-state index contributed by atoms with van der Waals surface area (Å²) >= 11 is 0. The minimum atomic E-state index is -0.798. The van der Waals surface area contributed by atoms with E-state index in [-0.39, 0.29) is 17.8 Å². The number of fused-ring (bicyclic) bond motifs is 2. The molecule has 1 aromatic rings. The predicted molar refractivity (Wildman–Crippen MR) is 191 cm³/mol. The van der Waals surface area contributed by atoms with Gasteiger partial charge in [-0.15, -0.1) is 0 Å². The van der Waals surface area contributed by atoms with Crippen molar-refractivity contribution in [2.24, 2.45) is 23.7 Å². The van der Waals surface area contributed by atoms with E-state index in [1.54, 1.807) is 0 Å². The van der Waals surface area contributed by atoms with Gasteiger partial charge in [0.05, 0.1) is 32.8 Å². The number of nitrogens with zero attached hydrogens (tertiary/aromatic N) is 1. The largest absolute Gasteiger partial charge is 0.456 e. The second-order valence-corrected chi connectivity index (χ2v) is 16.7. The first-order valence-electron chi connectivity index (χ1n) is 20.0. The summed E-state index contributed by atoms with van der Waals surface area (Å²) < 4.78 is 26.0. The lowest BCUT2D eigenvalue weighted by molar-refractivity contribution is -0.890. The van der Waals surface area contributed by atoms with Crippen LogP contribution in [0.1, 0.15) is 146 Å². The highest BCUT2D eigenvalue weighted by Crippen LogP contribution is 2.60. The molecule has 5 aliphatic rings. The van der Waals surface area contributed by atoms with Crippen molar-refractivity contribution in [3.8, 4) is 0 Å². The number of quaternary nitrogens is 1. The van der Waals surface area contributed by atoms with E-state index in [0.717, 1.165) is 48.8 Å². The molecule has 2 bridgehead atoms. The van der Waals surface area contributed by atoms with E-state index in [0.29, 0.717) is 30.6 Å². The molecule has 8 atom stereocenters. The molecule has 4 heterocycles. The van der Waals surface area contributed by atoms with Gasteiger partial charge in [0.15, 0.2) is 18.2 Å². The van der Waals surface area contributed by atoms with Crippen LogP contribution in [0.15, 0.2) is 24.3 Å². The molecule has 4 aliphatic heterocycles. The van der Waals surface area contributed by atoms with E-state index < -0.39 is 24.0 Å². The number of hydrogen-bond donors (Lipinski definition) is 0. The number of benzene rings is 1. The van der Waals surface area contributed by atoms with Crippen LogP contribution in [0.4, 0.5) is 0 Å². The van der Waals surface area contributed by atoms with Crippen LogP contribution in [0.3, 0.4) is 0 Å². The Morgan fingerprint density at radius 1 is 0.837 bits per heavy atom. The van der Waals surface area contributed by atoms with Crippen molar-refractivity contribution >= 4 is 5.97 Å². The first kappa shape index (κ1) is 38.7. The van der Waals surface area contributed by atoms with E-state index in [1.807, 2.05) is 31.2 Å². The summed E-state index contributed by atoms with van der Waals surface area (Å²) in [5, 5.41) is 0. The SMILES string of the molecule is CCCCCCCCCCCCCC[N+](C)(C)CCOC(=O)c1ccc(COC2O[C@@H]3O[C@]4(C)CC[C@H]5[C@H](C)CC[C@@H]([C@H]2C)[C@@]35OO4)cc1. The molecule has 1 aliphatic carbocycles. The fourth-order valence-electron chi connectivity index (χ4n) is 8.94. The first-order valence-corrected chi connectivity index (χ1v) is 20.0. The monoisotopic (exact) mass is 686 g/mol. The van der Waals surface area contributed by atoms with E-state index >= 15 is 0 Å². The third kappa shape index (κ3) is 9.87. The normalized spacial score (nSPS) is 32.4. The maximum atomic E-state index is 12.8. The second kappa shape index (κ2) is 17.8. The zero-order valence-corrected chi connectivity index (χ0v) is 31.7. The maximum Gasteiger partial charge on any atom is 0.338 e. The van der Waals surface area contributed by atoms with E-state index in [2.05, 4.69) is 34.9 Å². The Morgan fingerprint density at radius 3 is 2.16 bits per heavy atom. The standard InChI is InChI=1S/C41H68NO7/c1-7-8-9-10-11-12-13-14-15-16-17-18-27-42(5,6)28-29-44-37(43)34-22-20-33(21-23-34)30-45-38-32(3)36-24-19-31(2)35-25-26-40(4)47-39(46-38)41(35,36)49-48-40/h20-23,31-32,35-36,38-39H,7-19,24-30H2,1-6H3/q+1/t31-,32-,35+,36+,38?,39-,40+,41-/m1/s1. The van der Waals surface area contributed by atoms with E-state index in [9.17, 15) is 4.79 Å². The van der Waals surface area contributed by atoms with Gasteiger partial charge in [-0.3, -0.25) is 0 Å². The summed E-state index contributed by atoms with van der Waals surface area (Å²) in [7, 11) is 4.47. The Bertz CT molecular complexity index is 1160. The second-order valence-electron chi connectivity index (χ2n) is 16.7. The zero-order chi connectivity index (χ0) is 34.9. The first-order chi connectivity index (χ1) is 23.6. The van der Waals surface area contributed by atoms with E-state index in [4.69, 9.17) is 28.7 Å². The molecule has 8 nitrogen and oxygen atoms in total. The van der Waals surface area contributed by atoms with Crippen molar-refractivity contribution in [2.75, 3.05) is 33.8 Å². The molecule has 278 valence electrons. The van der Waals surface area contributed by atoms with Crippen molar-refractivity contribution in [2.45, 2.75) is 161 Å². The molecule has 8 heteroatoms. The molecule has 0 aromatic heterocycles. The van der Waals surface area contributed by atoms with Gasteiger partial charge in [0.1, 0.15) is 13.2 Å². The lowest BCUT2D eigenvalue weighted by atomic mass is 9.58. The van der Waals surface area contributed by atoms with Crippen LogP contribution >= 0.6 is 0 Å².